The van der Waals surface area contributed by atoms with E-state index in [1.54, 1.807) is 0 Å². The van der Waals surface area contributed by atoms with E-state index in [9.17, 15) is 0 Å². The number of hydrogen-bond acceptors (Lipinski definition) is 3. The molecule has 14 heavy (non-hydrogen) atoms. The van der Waals surface area contributed by atoms with E-state index in [0.717, 1.165) is 13.1 Å². The molecule has 1 saturated heterocycles. The molecule has 0 radical (unpaired) electrons. The lowest BCUT2D eigenvalue weighted by atomic mass is 10.00. The van der Waals surface area contributed by atoms with Crippen molar-refractivity contribution in [3.8, 4) is 0 Å². The lowest BCUT2D eigenvalue weighted by Gasteiger charge is -2.18. The smallest absolute Gasteiger partial charge is 0.0499 e. The minimum Gasteiger partial charge on any atom is -0.294 e. The quantitative estimate of drug-likeness (QED) is 0.563. The Morgan fingerprint density at radius 2 is 2.00 bits per heavy atom. The van der Waals surface area contributed by atoms with Crippen LogP contribution in [0.3, 0.4) is 0 Å². The van der Waals surface area contributed by atoms with Crippen LogP contribution < -0.4 is 0 Å². The molecule has 0 amide bonds. The Balaban J connectivity index is 2.48. The van der Waals surface area contributed by atoms with Gasteiger partial charge in [0, 0.05) is 36.6 Å². The van der Waals surface area contributed by atoms with Gasteiger partial charge in [-0.15, -0.1) is 0 Å². The van der Waals surface area contributed by atoms with Crippen LogP contribution in [-0.2, 0) is 0 Å². The average molecular weight is 214 g/mol. The van der Waals surface area contributed by atoms with E-state index in [4.69, 9.17) is 0 Å². The van der Waals surface area contributed by atoms with Gasteiger partial charge >= 0.3 is 0 Å². The van der Waals surface area contributed by atoms with E-state index < -0.39 is 0 Å². The second-order valence-electron chi connectivity index (χ2n) is 4.62. The first-order valence-electron chi connectivity index (χ1n) is 5.46. The Morgan fingerprint density at radius 1 is 1.36 bits per heavy atom. The molecule has 0 aromatic carbocycles. The molecular formula is C11H22N2S. The molecule has 2 nitrogen and oxygen atoms in total. The zero-order valence-corrected chi connectivity index (χ0v) is 10.5. The molecular weight excluding hydrogens is 192 g/mol. The van der Waals surface area contributed by atoms with Gasteiger partial charge in [-0.1, -0.05) is 6.92 Å². The number of aliphatic imine (C=N–C) groups is 1. The van der Waals surface area contributed by atoms with Gasteiger partial charge in [-0.2, -0.15) is 12.6 Å². The van der Waals surface area contributed by atoms with Gasteiger partial charge in [-0.25, -0.2) is 0 Å². The topological polar surface area (TPSA) is 15.6 Å². The van der Waals surface area contributed by atoms with Gasteiger partial charge in [0.05, 0.1) is 0 Å². The molecule has 1 aliphatic rings. The van der Waals surface area contributed by atoms with Crippen LogP contribution in [0.5, 0.6) is 0 Å². The highest BCUT2D eigenvalue weighted by Crippen LogP contribution is 2.24. The maximum atomic E-state index is 4.47. The van der Waals surface area contributed by atoms with E-state index in [2.05, 4.69) is 56.4 Å². The summed E-state index contributed by atoms with van der Waals surface area (Å²) in [5, 5.41) is 0.370. The monoisotopic (exact) mass is 214 g/mol. The van der Waals surface area contributed by atoms with Crippen molar-refractivity contribution >= 4 is 18.8 Å². The molecule has 1 heterocycles. The molecule has 3 heteroatoms. The van der Waals surface area contributed by atoms with Gasteiger partial charge in [0.25, 0.3) is 0 Å². The summed E-state index contributed by atoms with van der Waals surface area (Å²) in [6.07, 6.45) is 2.14. The van der Waals surface area contributed by atoms with Crippen molar-refractivity contribution in [1.29, 1.82) is 0 Å². The first-order valence-corrected chi connectivity index (χ1v) is 5.97. The maximum Gasteiger partial charge on any atom is 0.0499 e. The number of hydrogen-bond donors (Lipinski definition) is 1. The van der Waals surface area contributed by atoms with Crippen molar-refractivity contribution < 1.29 is 0 Å². The SMILES string of the molecule is CC(C)/N=C/C1CN([C@@H](C)S)C[C@H]1C. The Hall–Kier alpha value is -0.0200. The summed E-state index contributed by atoms with van der Waals surface area (Å²) in [5.41, 5.74) is 0. The summed E-state index contributed by atoms with van der Waals surface area (Å²) in [6, 6.07) is 0.421. The van der Waals surface area contributed by atoms with Crippen molar-refractivity contribution in [2.24, 2.45) is 16.8 Å². The molecule has 0 aromatic rings. The minimum absolute atomic E-state index is 0.370. The summed E-state index contributed by atoms with van der Waals surface area (Å²) in [4.78, 5) is 6.88. The summed E-state index contributed by atoms with van der Waals surface area (Å²) in [7, 11) is 0. The van der Waals surface area contributed by atoms with Crippen molar-refractivity contribution in [1.82, 2.24) is 4.90 Å². The number of nitrogens with zero attached hydrogens (tertiary/aromatic N) is 2. The Kier molecular flexibility index (Phi) is 4.45. The zero-order chi connectivity index (χ0) is 10.7. The van der Waals surface area contributed by atoms with Crippen molar-refractivity contribution in [3.05, 3.63) is 0 Å². The Morgan fingerprint density at radius 3 is 2.43 bits per heavy atom. The van der Waals surface area contributed by atoms with E-state index in [0.29, 0.717) is 23.3 Å². The third-order valence-corrected chi connectivity index (χ3v) is 3.13. The van der Waals surface area contributed by atoms with Crippen LogP contribution in [-0.4, -0.2) is 35.6 Å². The molecule has 1 aliphatic heterocycles. The largest absolute Gasteiger partial charge is 0.294 e. The summed E-state index contributed by atoms with van der Waals surface area (Å²) >= 11 is 4.46. The van der Waals surface area contributed by atoms with Crippen molar-refractivity contribution in [2.45, 2.75) is 39.1 Å². The highest BCUT2D eigenvalue weighted by atomic mass is 32.1. The molecule has 1 fully saturated rings. The van der Waals surface area contributed by atoms with Crippen LogP contribution in [0.4, 0.5) is 0 Å². The van der Waals surface area contributed by atoms with Crippen LogP contribution in [0.2, 0.25) is 0 Å². The van der Waals surface area contributed by atoms with Gasteiger partial charge < -0.3 is 0 Å². The van der Waals surface area contributed by atoms with Crippen LogP contribution >= 0.6 is 12.6 Å². The summed E-state index contributed by atoms with van der Waals surface area (Å²) in [6.45, 7) is 10.9. The fourth-order valence-electron chi connectivity index (χ4n) is 1.81. The summed E-state index contributed by atoms with van der Waals surface area (Å²) < 4.78 is 0. The number of thiol groups is 1. The standard InChI is InChI=1S/C11H22N2S/c1-8(2)12-5-11-7-13(10(4)14)6-9(11)3/h5,8-11,14H,6-7H2,1-4H3/b12-5+/t9-,10-,11?/m1/s1. The Bertz CT molecular complexity index is 201. The maximum absolute atomic E-state index is 4.47. The van der Waals surface area contributed by atoms with Crippen LogP contribution in [0.15, 0.2) is 4.99 Å². The lowest BCUT2D eigenvalue weighted by Crippen LogP contribution is -2.26. The lowest BCUT2D eigenvalue weighted by molar-refractivity contribution is 0.321. The van der Waals surface area contributed by atoms with Gasteiger partial charge in [0.1, 0.15) is 0 Å². The van der Waals surface area contributed by atoms with Crippen LogP contribution in [0.1, 0.15) is 27.7 Å². The van der Waals surface area contributed by atoms with Gasteiger partial charge in [-0.05, 0) is 26.7 Å². The molecule has 0 aromatic heterocycles. The predicted octanol–water partition coefficient (Wildman–Crippen LogP) is 2.31. The van der Waals surface area contributed by atoms with Crippen molar-refractivity contribution in [3.63, 3.8) is 0 Å². The molecule has 82 valence electrons. The first kappa shape index (κ1) is 12.1. The van der Waals surface area contributed by atoms with E-state index >= 15 is 0 Å². The van der Waals surface area contributed by atoms with Gasteiger partial charge in [0.2, 0.25) is 0 Å². The fraction of sp³-hybridized carbons (Fsp3) is 0.909. The number of likely N-dealkylation sites (tertiary alicyclic amines) is 1. The van der Waals surface area contributed by atoms with Crippen molar-refractivity contribution in [2.75, 3.05) is 13.1 Å². The van der Waals surface area contributed by atoms with Crippen LogP contribution in [0.25, 0.3) is 0 Å². The summed E-state index contributed by atoms with van der Waals surface area (Å²) in [5.74, 6) is 1.33. The van der Waals surface area contributed by atoms with Gasteiger partial charge in [-0.3, -0.25) is 9.89 Å². The molecule has 0 saturated carbocycles. The highest BCUT2D eigenvalue weighted by Gasteiger charge is 2.29. The molecule has 3 atom stereocenters. The number of rotatable bonds is 3. The second kappa shape index (κ2) is 5.17. The normalized spacial score (nSPS) is 31.9. The van der Waals surface area contributed by atoms with E-state index in [1.807, 2.05) is 0 Å². The molecule has 0 N–H and O–H groups in total. The Labute approximate surface area is 93.2 Å². The molecule has 0 aliphatic carbocycles. The average Bonchev–Trinajstić information content (AvgIpc) is 2.43. The second-order valence-corrected chi connectivity index (χ2v) is 5.37. The molecule has 0 spiro atoms. The molecule has 1 unspecified atom stereocenters. The highest BCUT2D eigenvalue weighted by molar-refractivity contribution is 7.80. The van der Waals surface area contributed by atoms with Crippen LogP contribution in [0, 0.1) is 11.8 Å². The molecule has 0 bridgehead atoms. The third-order valence-electron chi connectivity index (χ3n) is 2.80. The van der Waals surface area contributed by atoms with E-state index in [1.165, 1.54) is 0 Å². The third kappa shape index (κ3) is 3.28. The first-order chi connectivity index (χ1) is 6.50. The molecule has 1 rings (SSSR count). The minimum atomic E-state index is 0.370. The predicted molar refractivity (Wildman–Crippen MR) is 66.3 cm³/mol. The van der Waals surface area contributed by atoms with Gasteiger partial charge in [0.15, 0.2) is 0 Å². The zero-order valence-electron chi connectivity index (χ0n) is 9.64. The fourth-order valence-corrected chi connectivity index (χ4v) is 2.00. The van der Waals surface area contributed by atoms with E-state index in [-0.39, 0.29) is 0 Å².